The van der Waals surface area contributed by atoms with Crippen LogP contribution in [0.3, 0.4) is 0 Å². The van der Waals surface area contributed by atoms with Crippen LogP contribution in [-0.2, 0) is 14.4 Å². The molecule has 3 aromatic carbocycles. The number of ether oxygens (including phenoxy) is 3. The van der Waals surface area contributed by atoms with Gasteiger partial charge in [-0.2, -0.15) is 0 Å². The van der Waals surface area contributed by atoms with Crippen molar-refractivity contribution in [2.24, 2.45) is 17.1 Å². The number of nitrogens with two attached hydrogens (primary N) is 1. The van der Waals surface area contributed by atoms with E-state index in [9.17, 15) is 39.2 Å². The maximum Gasteiger partial charge on any atom is 0.366 e. The first kappa shape index (κ1) is 34.9. The predicted octanol–water partition coefficient (Wildman–Crippen LogP) is 2.75. The van der Waals surface area contributed by atoms with Crippen LogP contribution in [-0.4, -0.2) is 75.3 Å². The SMILES string of the molecule is COc1cc2c(Oc3ccc(NC(=O)C4(C(=O)Nc5ccc(F)cc5)CC4)cc3F)ccnc2cc1OC(N)(C(=O)O)C(O)C(CO)CO. The number of carbonyl (C=O) groups is 3. The van der Waals surface area contributed by atoms with Gasteiger partial charge in [-0.1, -0.05) is 0 Å². The Morgan fingerprint density at radius 1 is 0.918 bits per heavy atom. The van der Waals surface area contributed by atoms with Crippen LogP contribution in [0.2, 0.25) is 0 Å². The van der Waals surface area contributed by atoms with E-state index in [1.807, 2.05) is 0 Å². The number of fused-ring (bicyclic) bond motifs is 1. The maximum atomic E-state index is 15.3. The molecule has 4 aromatic rings. The minimum atomic E-state index is -2.82. The second-order valence-corrected chi connectivity index (χ2v) is 11.3. The minimum absolute atomic E-state index is 0.0641. The molecule has 0 bridgehead atoms. The normalized spacial score (nSPS) is 15.2. The summed E-state index contributed by atoms with van der Waals surface area (Å²) in [5, 5.41) is 44.6. The maximum absolute atomic E-state index is 15.3. The quantitative estimate of drug-likeness (QED) is 0.0754. The first-order chi connectivity index (χ1) is 23.3. The van der Waals surface area contributed by atoms with Crippen molar-refractivity contribution in [3.05, 3.63) is 78.5 Å². The molecule has 8 N–H and O–H groups in total. The Hall–Kier alpha value is -5.42. The number of benzene rings is 3. The van der Waals surface area contributed by atoms with E-state index in [4.69, 9.17) is 19.9 Å². The van der Waals surface area contributed by atoms with Crippen molar-refractivity contribution in [2.45, 2.75) is 24.7 Å². The fourth-order valence-corrected chi connectivity index (χ4v) is 4.97. The highest BCUT2D eigenvalue weighted by molar-refractivity contribution is 6.16. The Labute approximate surface area is 277 Å². The smallest absolute Gasteiger partial charge is 0.366 e. The molecule has 2 amide bonds. The van der Waals surface area contributed by atoms with Gasteiger partial charge in [0.1, 0.15) is 23.1 Å². The average molecular weight is 683 g/mol. The molecule has 0 spiro atoms. The number of rotatable bonds is 14. The minimum Gasteiger partial charge on any atom is -0.493 e. The molecule has 49 heavy (non-hydrogen) atoms. The molecule has 0 saturated heterocycles. The van der Waals surface area contributed by atoms with Crippen LogP contribution in [0.15, 0.2) is 66.9 Å². The number of aromatic nitrogens is 1. The van der Waals surface area contributed by atoms with Gasteiger partial charge in [-0.05, 0) is 61.4 Å². The van der Waals surface area contributed by atoms with E-state index in [-0.39, 0.29) is 52.4 Å². The molecule has 2 unspecified atom stereocenters. The second kappa shape index (κ2) is 14.0. The lowest BCUT2D eigenvalue weighted by atomic mass is 9.94. The molecule has 16 heteroatoms. The number of anilines is 2. The van der Waals surface area contributed by atoms with Crippen LogP contribution >= 0.6 is 0 Å². The lowest BCUT2D eigenvalue weighted by Crippen LogP contribution is -2.64. The number of methoxy groups -OCH3 is 1. The number of carbonyl (C=O) groups excluding carboxylic acids is 2. The lowest BCUT2D eigenvalue weighted by molar-refractivity contribution is -0.173. The predicted molar refractivity (Wildman–Crippen MR) is 169 cm³/mol. The Morgan fingerprint density at radius 2 is 1.55 bits per heavy atom. The van der Waals surface area contributed by atoms with E-state index < -0.39 is 65.8 Å². The number of nitrogens with one attached hydrogen (secondary N) is 2. The molecular weight excluding hydrogens is 650 g/mol. The largest absolute Gasteiger partial charge is 0.493 e. The van der Waals surface area contributed by atoms with Crippen LogP contribution in [0.5, 0.6) is 23.0 Å². The Morgan fingerprint density at radius 3 is 2.12 bits per heavy atom. The van der Waals surface area contributed by atoms with Gasteiger partial charge in [0.2, 0.25) is 11.8 Å². The molecule has 1 saturated carbocycles. The third-order valence-corrected chi connectivity index (χ3v) is 8.09. The summed E-state index contributed by atoms with van der Waals surface area (Å²) in [5.41, 5.74) is 2.28. The van der Waals surface area contributed by atoms with Gasteiger partial charge in [-0.3, -0.25) is 20.3 Å². The van der Waals surface area contributed by atoms with Crippen molar-refractivity contribution < 1.29 is 57.8 Å². The fourth-order valence-electron chi connectivity index (χ4n) is 4.97. The van der Waals surface area contributed by atoms with Gasteiger partial charge in [0.25, 0.3) is 5.72 Å². The van der Waals surface area contributed by atoms with Gasteiger partial charge in [-0.15, -0.1) is 0 Å². The molecule has 1 aliphatic rings. The standard InChI is InChI=1S/C33H32F2N4O10/c1-47-26-13-21-23(14-27(26)49-33(36,31(45)46)28(42)17(15-40)16-41)37-11-8-24(21)48-25-7-6-20(12-22(25)35)39-30(44)32(9-10-32)29(43)38-19-4-2-18(34)3-5-19/h2-8,11-14,17,28,40-42H,9-10,15-16,36H2,1H3,(H,38,43)(H,39,44)(H,45,46). The summed E-state index contributed by atoms with van der Waals surface area (Å²) in [6.45, 7) is -1.57. The summed E-state index contributed by atoms with van der Waals surface area (Å²) < 4.78 is 45.2. The van der Waals surface area contributed by atoms with Gasteiger partial charge in [0.15, 0.2) is 23.1 Å². The van der Waals surface area contributed by atoms with Crippen molar-refractivity contribution in [2.75, 3.05) is 31.0 Å². The van der Waals surface area contributed by atoms with E-state index in [0.717, 1.165) is 6.07 Å². The topological polar surface area (TPSA) is 223 Å². The molecule has 1 heterocycles. The third kappa shape index (κ3) is 7.07. The Kier molecular flexibility index (Phi) is 9.95. The van der Waals surface area contributed by atoms with Crippen LogP contribution in [0.1, 0.15) is 12.8 Å². The van der Waals surface area contributed by atoms with E-state index in [2.05, 4.69) is 15.6 Å². The Balaban J connectivity index is 1.34. The zero-order valence-electron chi connectivity index (χ0n) is 25.9. The van der Waals surface area contributed by atoms with E-state index >= 15 is 4.39 Å². The second-order valence-electron chi connectivity index (χ2n) is 11.3. The Bertz CT molecular complexity index is 1890. The number of hydrogen-bond acceptors (Lipinski definition) is 11. The number of aliphatic carboxylic acids is 1. The highest BCUT2D eigenvalue weighted by Crippen LogP contribution is 2.48. The summed E-state index contributed by atoms with van der Waals surface area (Å²) in [6, 6.07) is 12.8. The molecule has 0 radical (unpaired) electrons. The highest BCUT2D eigenvalue weighted by atomic mass is 19.1. The van der Waals surface area contributed by atoms with E-state index in [1.165, 1.54) is 67.9 Å². The van der Waals surface area contributed by atoms with E-state index in [0.29, 0.717) is 5.69 Å². The molecule has 2 atom stereocenters. The fraction of sp³-hybridized carbons (Fsp3) is 0.273. The number of halogens is 2. The van der Waals surface area contributed by atoms with Crippen molar-refractivity contribution >= 4 is 40.1 Å². The summed E-state index contributed by atoms with van der Waals surface area (Å²) >= 11 is 0. The van der Waals surface area contributed by atoms with Crippen LogP contribution in [0.4, 0.5) is 20.2 Å². The molecule has 1 aliphatic carbocycles. The number of amides is 2. The number of aliphatic hydroxyl groups excluding tert-OH is 3. The molecular formula is C33H32F2N4O10. The number of hydrogen-bond donors (Lipinski definition) is 7. The summed E-state index contributed by atoms with van der Waals surface area (Å²) in [4.78, 5) is 42.2. The van der Waals surface area contributed by atoms with Gasteiger partial charge in [0.05, 0.1) is 25.8 Å². The summed E-state index contributed by atoms with van der Waals surface area (Å²) in [5.74, 6) is -6.16. The highest BCUT2D eigenvalue weighted by Gasteiger charge is 2.56. The van der Waals surface area contributed by atoms with Crippen LogP contribution in [0.25, 0.3) is 10.9 Å². The molecule has 1 fully saturated rings. The molecule has 1 aromatic heterocycles. The zero-order valence-corrected chi connectivity index (χ0v) is 25.9. The number of carboxylic acids is 1. The first-order valence-corrected chi connectivity index (χ1v) is 14.8. The monoisotopic (exact) mass is 682 g/mol. The third-order valence-electron chi connectivity index (χ3n) is 8.09. The van der Waals surface area contributed by atoms with E-state index in [1.54, 1.807) is 0 Å². The van der Waals surface area contributed by atoms with Crippen molar-refractivity contribution in [3.8, 4) is 23.0 Å². The van der Waals surface area contributed by atoms with Crippen molar-refractivity contribution in [3.63, 3.8) is 0 Å². The van der Waals surface area contributed by atoms with Gasteiger partial charge in [0, 0.05) is 41.0 Å². The van der Waals surface area contributed by atoms with Gasteiger partial charge in [-0.25, -0.2) is 13.6 Å². The number of aliphatic hydroxyl groups is 3. The van der Waals surface area contributed by atoms with Crippen LogP contribution in [0, 0.1) is 23.0 Å². The van der Waals surface area contributed by atoms with Crippen molar-refractivity contribution in [1.29, 1.82) is 0 Å². The average Bonchev–Trinajstić information content (AvgIpc) is 3.90. The molecule has 5 rings (SSSR count). The number of pyridine rings is 1. The molecule has 0 aliphatic heterocycles. The number of carboxylic acid groups (broad SMARTS) is 1. The zero-order chi connectivity index (χ0) is 35.5. The van der Waals surface area contributed by atoms with Crippen LogP contribution < -0.4 is 30.6 Å². The lowest BCUT2D eigenvalue weighted by Gasteiger charge is -2.34. The molecule has 14 nitrogen and oxygen atoms in total. The number of nitrogens with zero attached hydrogens (tertiary/aromatic N) is 1. The summed E-state index contributed by atoms with van der Waals surface area (Å²) in [7, 11) is 1.25. The summed E-state index contributed by atoms with van der Waals surface area (Å²) in [6.07, 6.45) is -0.180. The van der Waals surface area contributed by atoms with Gasteiger partial charge >= 0.3 is 5.97 Å². The first-order valence-electron chi connectivity index (χ1n) is 14.8. The van der Waals surface area contributed by atoms with Gasteiger partial charge < -0.3 is 45.3 Å². The van der Waals surface area contributed by atoms with Crippen molar-refractivity contribution in [1.82, 2.24) is 4.98 Å². The molecule has 258 valence electrons.